The first kappa shape index (κ1) is 11.5. The first-order valence-corrected chi connectivity index (χ1v) is 5.72. The third-order valence-electron chi connectivity index (χ3n) is 2.96. The summed E-state index contributed by atoms with van der Waals surface area (Å²) in [6.07, 6.45) is 1.72. The molecule has 2 heteroatoms. The molecule has 0 spiro atoms. The topological polar surface area (TPSA) is 40.5 Å². The molecule has 0 radical (unpaired) electrons. The second-order valence-electron chi connectivity index (χ2n) is 4.24. The second kappa shape index (κ2) is 4.91. The highest BCUT2D eigenvalue weighted by atomic mass is 16.3. The molecule has 0 saturated carbocycles. The summed E-state index contributed by atoms with van der Waals surface area (Å²) in [7, 11) is 0. The maximum Gasteiger partial charge on any atom is 0.122 e. The van der Waals surface area contributed by atoms with Crippen LogP contribution in [0, 0.1) is 6.92 Å². The van der Waals surface area contributed by atoms with Gasteiger partial charge < -0.3 is 10.2 Å². The molecule has 2 aromatic carbocycles. The minimum Gasteiger partial charge on any atom is -0.508 e. The van der Waals surface area contributed by atoms with E-state index in [2.05, 4.69) is 12.1 Å². The molecule has 0 bridgehead atoms. The molecule has 2 N–H and O–H groups in total. The van der Waals surface area contributed by atoms with E-state index in [-0.39, 0.29) is 11.5 Å². The first-order valence-electron chi connectivity index (χ1n) is 5.72. The predicted octanol–water partition coefficient (Wildman–Crippen LogP) is 3.19. The summed E-state index contributed by atoms with van der Waals surface area (Å²) < 4.78 is 0. The standard InChI is InChI=1S/C15H16O2/c1-11-14(16)9-13(10-15(11)17)8-7-12-5-3-2-4-6-12/h2-6,9-10,16-17H,7-8H2,1H3. The van der Waals surface area contributed by atoms with Crippen molar-refractivity contribution >= 4 is 0 Å². The Morgan fingerprint density at radius 3 is 1.94 bits per heavy atom. The third-order valence-corrected chi connectivity index (χ3v) is 2.96. The van der Waals surface area contributed by atoms with Crippen molar-refractivity contribution in [2.45, 2.75) is 19.8 Å². The smallest absolute Gasteiger partial charge is 0.122 e. The average Bonchev–Trinajstić information content (AvgIpc) is 2.34. The fourth-order valence-corrected chi connectivity index (χ4v) is 1.82. The Morgan fingerprint density at radius 1 is 0.824 bits per heavy atom. The van der Waals surface area contributed by atoms with Crippen LogP contribution in [0.4, 0.5) is 0 Å². The van der Waals surface area contributed by atoms with Crippen molar-refractivity contribution in [3.05, 3.63) is 59.2 Å². The van der Waals surface area contributed by atoms with E-state index in [1.165, 1.54) is 5.56 Å². The molecule has 0 aliphatic heterocycles. The number of aromatic hydroxyl groups is 2. The Morgan fingerprint density at radius 2 is 1.35 bits per heavy atom. The molecule has 2 rings (SSSR count). The van der Waals surface area contributed by atoms with Crippen LogP contribution in [0.15, 0.2) is 42.5 Å². The summed E-state index contributed by atoms with van der Waals surface area (Å²) in [5.41, 5.74) is 2.75. The Bertz CT molecular complexity index is 481. The predicted molar refractivity (Wildman–Crippen MR) is 68.4 cm³/mol. The van der Waals surface area contributed by atoms with Crippen molar-refractivity contribution in [2.24, 2.45) is 0 Å². The van der Waals surface area contributed by atoms with Gasteiger partial charge in [0.2, 0.25) is 0 Å². The van der Waals surface area contributed by atoms with Crippen LogP contribution in [0.3, 0.4) is 0 Å². The van der Waals surface area contributed by atoms with Gasteiger partial charge in [-0.2, -0.15) is 0 Å². The summed E-state index contributed by atoms with van der Waals surface area (Å²) in [5.74, 6) is 0.320. The van der Waals surface area contributed by atoms with Gasteiger partial charge in [0, 0.05) is 5.56 Å². The maximum absolute atomic E-state index is 9.62. The van der Waals surface area contributed by atoms with Crippen molar-refractivity contribution in [2.75, 3.05) is 0 Å². The van der Waals surface area contributed by atoms with E-state index in [4.69, 9.17) is 0 Å². The second-order valence-corrected chi connectivity index (χ2v) is 4.24. The van der Waals surface area contributed by atoms with Crippen molar-refractivity contribution in [1.29, 1.82) is 0 Å². The minimum absolute atomic E-state index is 0.160. The van der Waals surface area contributed by atoms with Crippen LogP contribution >= 0.6 is 0 Å². The zero-order valence-electron chi connectivity index (χ0n) is 9.85. The van der Waals surface area contributed by atoms with E-state index in [0.717, 1.165) is 18.4 Å². The van der Waals surface area contributed by atoms with Crippen molar-refractivity contribution in [3.63, 3.8) is 0 Å². The normalized spacial score (nSPS) is 10.4. The van der Waals surface area contributed by atoms with Crippen LogP contribution in [0.5, 0.6) is 11.5 Å². The molecule has 0 aromatic heterocycles. The van der Waals surface area contributed by atoms with Gasteiger partial charge in [-0.15, -0.1) is 0 Å². The molecule has 0 aliphatic carbocycles. The van der Waals surface area contributed by atoms with Crippen LogP contribution in [0.25, 0.3) is 0 Å². The third kappa shape index (κ3) is 2.78. The molecule has 0 heterocycles. The van der Waals surface area contributed by atoms with Gasteiger partial charge in [0.1, 0.15) is 11.5 Å². The van der Waals surface area contributed by atoms with Crippen LogP contribution < -0.4 is 0 Å². The molecule has 0 aliphatic rings. The molecule has 88 valence electrons. The molecule has 0 fully saturated rings. The van der Waals surface area contributed by atoms with E-state index in [1.54, 1.807) is 19.1 Å². The number of aryl methyl sites for hydroxylation is 2. The van der Waals surface area contributed by atoms with Crippen LogP contribution in [-0.4, -0.2) is 10.2 Å². The lowest BCUT2D eigenvalue weighted by atomic mass is 10.0. The zero-order valence-corrected chi connectivity index (χ0v) is 9.85. The highest BCUT2D eigenvalue weighted by molar-refractivity contribution is 5.45. The van der Waals surface area contributed by atoms with Gasteiger partial charge in [-0.05, 0) is 43.0 Å². The summed E-state index contributed by atoms with van der Waals surface area (Å²) >= 11 is 0. The van der Waals surface area contributed by atoms with Crippen LogP contribution in [0.1, 0.15) is 16.7 Å². The summed E-state index contributed by atoms with van der Waals surface area (Å²) in [5, 5.41) is 19.2. The first-order chi connectivity index (χ1) is 8.16. The zero-order chi connectivity index (χ0) is 12.3. The van der Waals surface area contributed by atoms with E-state index in [0.29, 0.717) is 5.56 Å². The van der Waals surface area contributed by atoms with E-state index in [9.17, 15) is 10.2 Å². The molecule has 0 amide bonds. The number of hydrogen-bond donors (Lipinski definition) is 2. The molecule has 0 unspecified atom stereocenters. The summed E-state index contributed by atoms with van der Waals surface area (Å²) in [4.78, 5) is 0. The lowest BCUT2D eigenvalue weighted by molar-refractivity contribution is 0.442. The molecule has 0 saturated heterocycles. The van der Waals surface area contributed by atoms with Gasteiger partial charge >= 0.3 is 0 Å². The Kier molecular flexibility index (Phi) is 3.33. The van der Waals surface area contributed by atoms with Gasteiger partial charge in [-0.25, -0.2) is 0 Å². The van der Waals surface area contributed by atoms with Gasteiger partial charge in [0.15, 0.2) is 0 Å². The maximum atomic E-state index is 9.62. The number of rotatable bonds is 3. The number of phenols is 2. The monoisotopic (exact) mass is 228 g/mol. The highest BCUT2D eigenvalue weighted by Crippen LogP contribution is 2.28. The SMILES string of the molecule is Cc1c(O)cc(CCc2ccccc2)cc1O. The lowest BCUT2D eigenvalue weighted by Crippen LogP contribution is -1.92. The van der Waals surface area contributed by atoms with Crippen LogP contribution in [-0.2, 0) is 12.8 Å². The number of benzene rings is 2. The quantitative estimate of drug-likeness (QED) is 0.847. The fraction of sp³-hybridized carbons (Fsp3) is 0.200. The molecule has 0 atom stereocenters. The molecular formula is C15H16O2. The van der Waals surface area contributed by atoms with Crippen LogP contribution in [0.2, 0.25) is 0 Å². The summed E-state index contributed by atoms with van der Waals surface area (Å²) in [6.45, 7) is 1.70. The fourth-order valence-electron chi connectivity index (χ4n) is 1.82. The lowest BCUT2D eigenvalue weighted by Gasteiger charge is -2.07. The number of phenolic OH excluding ortho intramolecular Hbond substituents is 2. The van der Waals surface area contributed by atoms with Crippen molar-refractivity contribution < 1.29 is 10.2 Å². The van der Waals surface area contributed by atoms with E-state index in [1.807, 2.05) is 18.2 Å². The minimum atomic E-state index is 0.160. The van der Waals surface area contributed by atoms with Gasteiger partial charge in [-0.1, -0.05) is 30.3 Å². The Hall–Kier alpha value is -1.96. The van der Waals surface area contributed by atoms with E-state index < -0.39 is 0 Å². The molecule has 2 nitrogen and oxygen atoms in total. The number of hydrogen-bond acceptors (Lipinski definition) is 2. The largest absolute Gasteiger partial charge is 0.508 e. The summed E-state index contributed by atoms with van der Waals surface area (Å²) in [6, 6.07) is 13.6. The van der Waals surface area contributed by atoms with Gasteiger partial charge in [0.25, 0.3) is 0 Å². The Balaban J connectivity index is 2.10. The van der Waals surface area contributed by atoms with Crippen molar-refractivity contribution in [3.8, 4) is 11.5 Å². The average molecular weight is 228 g/mol. The molecule has 2 aromatic rings. The van der Waals surface area contributed by atoms with Gasteiger partial charge in [-0.3, -0.25) is 0 Å². The van der Waals surface area contributed by atoms with Gasteiger partial charge in [0.05, 0.1) is 0 Å². The molecule has 17 heavy (non-hydrogen) atoms. The molecular weight excluding hydrogens is 212 g/mol. The Labute approximate surface area is 101 Å². The van der Waals surface area contributed by atoms with Crippen molar-refractivity contribution in [1.82, 2.24) is 0 Å². The highest BCUT2D eigenvalue weighted by Gasteiger charge is 2.05. The van der Waals surface area contributed by atoms with E-state index >= 15 is 0 Å².